The van der Waals surface area contributed by atoms with E-state index in [-0.39, 0.29) is 6.03 Å². The lowest BCUT2D eigenvalue weighted by molar-refractivity contribution is -0.148. The van der Waals surface area contributed by atoms with E-state index in [2.05, 4.69) is 13.8 Å². The van der Waals surface area contributed by atoms with Crippen molar-refractivity contribution in [2.45, 2.75) is 71.3 Å². The van der Waals surface area contributed by atoms with E-state index < -0.39 is 11.5 Å². The molecule has 0 aromatic rings. The number of aliphatic carboxylic acids is 1. The van der Waals surface area contributed by atoms with Crippen LogP contribution in [0.2, 0.25) is 0 Å². The van der Waals surface area contributed by atoms with Crippen LogP contribution in [-0.4, -0.2) is 52.1 Å². The predicted octanol–water partition coefficient (Wildman–Crippen LogP) is 3.34. The molecule has 1 aliphatic rings. The van der Waals surface area contributed by atoms with E-state index in [0.29, 0.717) is 19.4 Å². The Labute approximate surface area is 128 Å². The molecule has 0 aromatic heterocycles. The molecular formula is C16H30N2O3. The van der Waals surface area contributed by atoms with Gasteiger partial charge in [0.15, 0.2) is 0 Å². The van der Waals surface area contributed by atoms with Crippen molar-refractivity contribution in [3.05, 3.63) is 0 Å². The summed E-state index contributed by atoms with van der Waals surface area (Å²) in [7, 11) is 0. The maximum atomic E-state index is 12.8. The van der Waals surface area contributed by atoms with Crippen LogP contribution in [-0.2, 0) is 4.79 Å². The second kappa shape index (κ2) is 8.25. The number of carboxylic acids is 1. The number of amides is 2. The lowest BCUT2D eigenvalue weighted by Gasteiger charge is -2.37. The number of hydrogen-bond acceptors (Lipinski definition) is 2. The van der Waals surface area contributed by atoms with Crippen LogP contribution in [0.25, 0.3) is 0 Å². The van der Waals surface area contributed by atoms with Gasteiger partial charge in [-0.15, -0.1) is 0 Å². The van der Waals surface area contributed by atoms with Gasteiger partial charge < -0.3 is 14.9 Å². The SMILES string of the molecule is CCCCN(CCCC)C(=O)N1CCCC1(CC)C(=O)O. The van der Waals surface area contributed by atoms with Crippen molar-refractivity contribution in [2.75, 3.05) is 19.6 Å². The minimum absolute atomic E-state index is 0.0846. The molecule has 0 spiro atoms. The van der Waals surface area contributed by atoms with Gasteiger partial charge in [0.25, 0.3) is 0 Å². The summed E-state index contributed by atoms with van der Waals surface area (Å²) in [6.45, 7) is 8.09. The molecule has 2 amide bonds. The molecule has 1 aliphatic heterocycles. The zero-order valence-electron chi connectivity index (χ0n) is 13.7. The number of carboxylic acid groups (broad SMARTS) is 1. The Morgan fingerprint density at radius 3 is 2.14 bits per heavy atom. The molecule has 1 fully saturated rings. The third kappa shape index (κ3) is 3.89. The quantitative estimate of drug-likeness (QED) is 0.747. The lowest BCUT2D eigenvalue weighted by Crippen LogP contribution is -2.56. The Kier molecular flexibility index (Phi) is 6.99. The summed E-state index contributed by atoms with van der Waals surface area (Å²) in [5.41, 5.74) is -0.992. The monoisotopic (exact) mass is 298 g/mol. The summed E-state index contributed by atoms with van der Waals surface area (Å²) in [5.74, 6) is -0.859. The number of carbonyl (C=O) groups excluding carboxylic acids is 1. The molecule has 5 heteroatoms. The van der Waals surface area contributed by atoms with Crippen molar-refractivity contribution in [3.63, 3.8) is 0 Å². The third-order valence-corrected chi connectivity index (χ3v) is 4.54. The normalized spacial score (nSPS) is 21.6. The molecule has 1 heterocycles. The number of unbranched alkanes of at least 4 members (excludes halogenated alkanes) is 2. The van der Waals surface area contributed by atoms with Gasteiger partial charge in [-0.05, 0) is 32.1 Å². The Balaban J connectivity index is 2.87. The largest absolute Gasteiger partial charge is 0.479 e. The molecule has 1 atom stereocenters. The summed E-state index contributed by atoms with van der Waals surface area (Å²) in [4.78, 5) is 28.0. The Morgan fingerprint density at radius 1 is 1.14 bits per heavy atom. The highest BCUT2D eigenvalue weighted by atomic mass is 16.4. The van der Waals surface area contributed by atoms with Crippen molar-refractivity contribution < 1.29 is 14.7 Å². The molecule has 1 rings (SSSR count). The average Bonchev–Trinajstić information content (AvgIpc) is 2.92. The topological polar surface area (TPSA) is 60.9 Å². The first-order valence-electron chi connectivity index (χ1n) is 8.33. The second-order valence-electron chi connectivity index (χ2n) is 5.92. The molecule has 1 unspecified atom stereocenters. The minimum atomic E-state index is -0.992. The molecule has 1 saturated heterocycles. The summed E-state index contributed by atoms with van der Waals surface area (Å²) in [5, 5.41) is 9.60. The van der Waals surface area contributed by atoms with Crippen LogP contribution in [0.1, 0.15) is 65.7 Å². The van der Waals surface area contributed by atoms with Crippen LogP contribution in [0.15, 0.2) is 0 Å². The van der Waals surface area contributed by atoms with E-state index in [0.717, 1.165) is 45.2 Å². The molecule has 0 radical (unpaired) electrons. The fraction of sp³-hybridized carbons (Fsp3) is 0.875. The average molecular weight is 298 g/mol. The fourth-order valence-electron chi connectivity index (χ4n) is 3.07. The number of likely N-dealkylation sites (tertiary alicyclic amines) is 1. The van der Waals surface area contributed by atoms with Crippen molar-refractivity contribution in [2.24, 2.45) is 0 Å². The molecule has 0 bridgehead atoms. The standard InChI is InChI=1S/C16H30N2O3/c1-4-7-11-17(12-8-5-2)15(21)18-13-9-10-16(18,6-3)14(19)20/h4-13H2,1-3H3,(H,19,20). The van der Waals surface area contributed by atoms with Crippen molar-refractivity contribution in [1.82, 2.24) is 9.80 Å². The van der Waals surface area contributed by atoms with E-state index in [9.17, 15) is 14.7 Å². The maximum absolute atomic E-state index is 12.8. The second-order valence-corrected chi connectivity index (χ2v) is 5.92. The smallest absolute Gasteiger partial charge is 0.329 e. The molecule has 21 heavy (non-hydrogen) atoms. The zero-order chi connectivity index (χ0) is 15.9. The van der Waals surface area contributed by atoms with Crippen LogP contribution in [0.5, 0.6) is 0 Å². The van der Waals surface area contributed by atoms with Crippen LogP contribution in [0, 0.1) is 0 Å². The fourth-order valence-corrected chi connectivity index (χ4v) is 3.07. The van der Waals surface area contributed by atoms with Crippen molar-refractivity contribution in [3.8, 4) is 0 Å². The van der Waals surface area contributed by atoms with Gasteiger partial charge in [0, 0.05) is 19.6 Å². The number of urea groups is 1. The van der Waals surface area contributed by atoms with Crippen LogP contribution in [0.3, 0.4) is 0 Å². The summed E-state index contributed by atoms with van der Waals surface area (Å²) in [6, 6.07) is -0.0846. The van der Waals surface area contributed by atoms with Crippen LogP contribution >= 0.6 is 0 Å². The van der Waals surface area contributed by atoms with E-state index in [1.54, 1.807) is 4.90 Å². The van der Waals surface area contributed by atoms with Gasteiger partial charge in [0.1, 0.15) is 5.54 Å². The predicted molar refractivity (Wildman–Crippen MR) is 83.4 cm³/mol. The molecule has 0 aliphatic carbocycles. The van der Waals surface area contributed by atoms with Crippen molar-refractivity contribution in [1.29, 1.82) is 0 Å². The number of carbonyl (C=O) groups is 2. The van der Waals surface area contributed by atoms with Gasteiger partial charge >= 0.3 is 12.0 Å². The molecule has 0 saturated carbocycles. The van der Waals surface area contributed by atoms with E-state index in [1.165, 1.54) is 0 Å². The number of rotatable bonds is 8. The third-order valence-electron chi connectivity index (χ3n) is 4.54. The number of nitrogens with zero attached hydrogens (tertiary/aromatic N) is 2. The molecular weight excluding hydrogens is 268 g/mol. The van der Waals surface area contributed by atoms with Crippen LogP contribution < -0.4 is 0 Å². The Bertz CT molecular complexity index is 351. The van der Waals surface area contributed by atoms with Crippen LogP contribution in [0.4, 0.5) is 4.79 Å². The first-order valence-corrected chi connectivity index (χ1v) is 8.33. The molecule has 1 N–H and O–H groups in total. The van der Waals surface area contributed by atoms with Gasteiger partial charge in [0.05, 0.1) is 0 Å². The highest BCUT2D eigenvalue weighted by Crippen LogP contribution is 2.33. The molecule has 122 valence electrons. The van der Waals surface area contributed by atoms with Gasteiger partial charge in [-0.3, -0.25) is 0 Å². The first kappa shape index (κ1) is 17.8. The highest BCUT2D eigenvalue weighted by molar-refractivity contribution is 5.87. The minimum Gasteiger partial charge on any atom is -0.479 e. The van der Waals surface area contributed by atoms with Crippen molar-refractivity contribution >= 4 is 12.0 Å². The number of hydrogen-bond donors (Lipinski definition) is 1. The Hall–Kier alpha value is -1.26. The summed E-state index contributed by atoms with van der Waals surface area (Å²) >= 11 is 0. The van der Waals surface area contributed by atoms with Gasteiger partial charge in [-0.1, -0.05) is 33.6 Å². The van der Waals surface area contributed by atoms with E-state index in [1.807, 2.05) is 11.8 Å². The first-order chi connectivity index (χ1) is 10.0. The maximum Gasteiger partial charge on any atom is 0.329 e. The zero-order valence-corrected chi connectivity index (χ0v) is 13.7. The Morgan fingerprint density at radius 2 is 1.71 bits per heavy atom. The van der Waals surface area contributed by atoms with E-state index >= 15 is 0 Å². The summed E-state index contributed by atoms with van der Waals surface area (Å²) < 4.78 is 0. The molecule has 5 nitrogen and oxygen atoms in total. The summed E-state index contributed by atoms with van der Waals surface area (Å²) in [6.07, 6.45) is 5.83. The lowest BCUT2D eigenvalue weighted by atomic mass is 9.93. The highest BCUT2D eigenvalue weighted by Gasteiger charge is 2.49. The van der Waals surface area contributed by atoms with E-state index in [4.69, 9.17) is 0 Å². The van der Waals surface area contributed by atoms with Gasteiger partial charge in [-0.25, -0.2) is 9.59 Å². The van der Waals surface area contributed by atoms with Gasteiger partial charge in [0.2, 0.25) is 0 Å². The van der Waals surface area contributed by atoms with Gasteiger partial charge in [-0.2, -0.15) is 0 Å². The molecule has 0 aromatic carbocycles.